The highest BCUT2D eigenvalue weighted by Crippen LogP contribution is 2.14. The molecule has 0 fully saturated rings. The lowest BCUT2D eigenvalue weighted by atomic mass is 10.1. The Kier molecular flexibility index (Phi) is 6.27. The molecule has 1 aromatic carbocycles. The summed E-state index contributed by atoms with van der Waals surface area (Å²) in [6.45, 7) is 4.15. The molecule has 0 aliphatic rings. The van der Waals surface area contributed by atoms with Gasteiger partial charge in [-0.3, -0.25) is 0 Å². The van der Waals surface area contributed by atoms with Crippen molar-refractivity contribution in [2.24, 2.45) is 0 Å². The highest BCUT2D eigenvalue weighted by Gasteiger charge is 1.95. The molecule has 1 unspecified atom stereocenters. The Morgan fingerprint density at radius 3 is 2.88 bits per heavy atom. The zero-order chi connectivity index (χ0) is 11.8. The summed E-state index contributed by atoms with van der Waals surface area (Å²) >= 11 is 1.93. The standard InChI is InChI=1S/C14H20OS/c1-3-14(15)9-8-12-6-5-7-13(10-12)11-16-4-2/h5-10,14-15H,3-4,11H2,1-2H3. The Morgan fingerprint density at radius 1 is 1.38 bits per heavy atom. The van der Waals surface area contributed by atoms with Gasteiger partial charge in [-0.1, -0.05) is 50.3 Å². The second-order valence-electron chi connectivity index (χ2n) is 3.72. The fourth-order valence-corrected chi connectivity index (χ4v) is 1.98. The molecule has 1 rings (SSSR count). The summed E-state index contributed by atoms with van der Waals surface area (Å²) in [6, 6.07) is 8.47. The third kappa shape index (κ3) is 4.86. The van der Waals surface area contributed by atoms with E-state index in [0.29, 0.717) is 0 Å². The van der Waals surface area contributed by atoms with Crippen LogP contribution in [0.5, 0.6) is 0 Å². The van der Waals surface area contributed by atoms with Crippen molar-refractivity contribution >= 4 is 17.8 Å². The number of aliphatic hydroxyl groups is 1. The van der Waals surface area contributed by atoms with Crippen molar-refractivity contribution in [3.05, 3.63) is 41.5 Å². The first-order valence-electron chi connectivity index (χ1n) is 5.79. The molecule has 0 saturated heterocycles. The van der Waals surface area contributed by atoms with E-state index in [0.717, 1.165) is 17.9 Å². The first kappa shape index (κ1) is 13.3. The highest BCUT2D eigenvalue weighted by atomic mass is 32.2. The second-order valence-corrected chi connectivity index (χ2v) is 4.99. The summed E-state index contributed by atoms with van der Waals surface area (Å²) in [4.78, 5) is 0. The van der Waals surface area contributed by atoms with Crippen LogP contribution in [0.15, 0.2) is 30.3 Å². The Labute approximate surface area is 103 Å². The van der Waals surface area contributed by atoms with Crippen LogP contribution >= 0.6 is 11.8 Å². The number of thioether (sulfide) groups is 1. The van der Waals surface area contributed by atoms with Crippen LogP contribution in [-0.4, -0.2) is 17.0 Å². The number of aliphatic hydroxyl groups excluding tert-OH is 1. The minimum Gasteiger partial charge on any atom is -0.389 e. The van der Waals surface area contributed by atoms with Crippen molar-refractivity contribution in [3.63, 3.8) is 0 Å². The zero-order valence-corrected chi connectivity index (χ0v) is 10.8. The molecule has 0 aliphatic carbocycles. The summed E-state index contributed by atoms with van der Waals surface area (Å²) in [7, 11) is 0. The fraction of sp³-hybridized carbons (Fsp3) is 0.429. The minimum absolute atomic E-state index is 0.325. The molecule has 16 heavy (non-hydrogen) atoms. The molecule has 0 spiro atoms. The van der Waals surface area contributed by atoms with Gasteiger partial charge in [0.25, 0.3) is 0 Å². The quantitative estimate of drug-likeness (QED) is 0.812. The van der Waals surface area contributed by atoms with Gasteiger partial charge in [-0.15, -0.1) is 0 Å². The molecule has 1 atom stereocenters. The zero-order valence-electron chi connectivity index (χ0n) is 10.0. The van der Waals surface area contributed by atoms with Gasteiger partial charge in [-0.2, -0.15) is 11.8 Å². The Bertz CT molecular complexity index is 333. The molecule has 0 heterocycles. The topological polar surface area (TPSA) is 20.2 Å². The Morgan fingerprint density at radius 2 is 2.19 bits per heavy atom. The third-order valence-corrected chi connectivity index (χ3v) is 3.30. The SMILES string of the molecule is CCSCc1cccc(C=CC(O)CC)c1. The average molecular weight is 236 g/mol. The van der Waals surface area contributed by atoms with Gasteiger partial charge in [0.1, 0.15) is 0 Å². The van der Waals surface area contributed by atoms with Crippen LogP contribution in [0.25, 0.3) is 6.08 Å². The van der Waals surface area contributed by atoms with Gasteiger partial charge in [0.2, 0.25) is 0 Å². The predicted octanol–water partition coefficient (Wildman–Crippen LogP) is 3.72. The average Bonchev–Trinajstić information content (AvgIpc) is 2.34. The van der Waals surface area contributed by atoms with Gasteiger partial charge in [0.05, 0.1) is 6.10 Å². The van der Waals surface area contributed by atoms with Crippen molar-refractivity contribution in [1.82, 2.24) is 0 Å². The largest absolute Gasteiger partial charge is 0.389 e. The highest BCUT2D eigenvalue weighted by molar-refractivity contribution is 7.98. The summed E-state index contributed by atoms with van der Waals surface area (Å²) in [5.74, 6) is 2.21. The molecule has 88 valence electrons. The monoisotopic (exact) mass is 236 g/mol. The van der Waals surface area contributed by atoms with Crippen molar-refractivity contribution in [1.29, 1.82) is 0 Å². The molecule has 1 aromatic rings. The number of hydrogen-bond donors (Lipinski definition) is 1. The second kappa shape index (κ2) is 7.53. The summed E-state index contributed by atoms with van der Waals surface area (Å²) < 4.78 is 0. The molecule has 1 nitrogen and oxygen atoms in total. The van der Waals surface area contributed by atoms with E-state index >= 15 is 0 Å². The van der Waals surface area contributed by atoms with E-state index in [1.165, 1.54) is 11.1 Å². The van der Waals surface area contributed by atoms with E-state index in [9.17, 15) is 5.11 Å². The molecular weight excluding hydrogens is 216 g/mol. The molecule has 0 saturated carbocycles. The molecule has 1 N–H and O–H groups in total. The third-order valence-electron chi connectivity index (χ3n) is 2.35. The van der Waals surface area contributed by atoms with E-state index in [1.54, 1.807) is 0 Å². The van der Waals surface area contributed by atoms with E-state index < -0.39 is 0 Å². The van der Waals surface area contributed by atoms with Crippen LogP contribution in [0.2, 0.25) is 0 Å². The predicted molar refractivity (Wildman–Crippen MR) is 73.6 cm³/mol. The van der Waals surface area contributed by atoms with Crippen LogP contribution in [0.1, 0.15) is 31.4 Å². The molecule has 0 aliphatic heterocycles. The van der Waals surface area contributed by atoms with Crippen molar-refractivity contribution < 1.29 is 5.11 Å². The fourth-order valence-electron chi connectivity index (χ4n) is 1.36. The maximum Gasteiger partial charge on any atom is 0.0721 e. The van der Waals surface area contributed by atoms with Gasteiger partial charge < -0.3 is 5.11 Å². The van der Waals surface area contributed by atoms with Crippen molar-refractivity contribution in [3.8, 4) is 0 Å². The Hall–Kier alpha value is -0.730. The maximum atomic E-state index is 9.44. The van der Waals surface area contributed by atoms with Gasteiger partial charge in [-0.05, 0) is 23.3 Å². The van der Waals surface area contributed by atoms with E-state index in [1.807, 2.05) is 30.8 Å². The van der Waals surface area contributed by atoms with Crippen LogP contribution in [-0.2, 0) is 5.75 Å². The van der Waals surface area contributed by atoms with Crippen molar-refractivity contribution in [2.75, 3.05) is 5.75 Å². The number of benzene rings is 1. The van der Waals surface area contributed by atoms with Gasteiger partial charge in [-0.25, -0.2) is 0 Å². The minimum atomic E-state index is -0.325. The lowest BCUT2D eigenvalue weighted by molar-refractivity contribution is 0.220. The smallest absolute Gasteiger partial charge is 0.0721 e. The van der Waals surface area contributed by atoms with E-state index in [4.69, 9.17) is 0 Å². The summed E-state index contributed by atoms with van der Waals surface area (Å²) in [5.41, 5.74) is 2.52. The molecule has 2 heteroatoms. The summed E-state index contributed by atoms with van der Waals surface area (Å²) in [5, 5.41) is 9.44. The van der Waals surface area contributed by atoms with E-state index in [-0.39, 0.29) is 6.10 Å². The Balaban J connectivity index is 2.63. The number of rotatable bonds is 6. The van der Waals surface area contributed by atoms with Crippen LogP contribution < -0.4 is 0 Å². The molecule has 0 bridgehead atoms. The van der Waals surface area contributed by atoms with Crippen molar-refractivity contribution in [2.45, 2.75) is 32.1 Å². The molecule has 0 radical (unpaired) electrons. The van der Waals surface area contributed by atoms with Crippen LogP contribution in [0.3, 0.4) is 0 Å². The maximum absolute atomic E-state index is 9.44. The summed E-state index contributed by atoms with van der Waals surface area (Å²) in [6.07, 6.45) is 4.29. The normalized spacial score (nSPS) is 13.2. The molecular formula is C14H20OS. The molecule has 0 amide bonds. The van der Waals surface area contributed by atoms with Crippen LogP contribution in [0.4, 0.5) is 0 Å². The molecule has 0 aromatic heterocycles. The lowest BCUT2D eigenvalue weighted by Crippen LogP contribution is -1.97. The van der Waals surface area contributed by atoms with Gasteiger partial charge in [0, 0.05) is 5.75 Å². The van der Waals surface area contributed by atoms with Gasteiger partial charge in [0.15, 0.2) is 0 Å². The van der Waals surface area contributed by atoms with Crippen LogP contribution in [0, 0.1) is 0 Å². The van der Waals surface area contributed by atoms with E-state index in [2.05, 4.69) is 31.2 Å². The first-order chi connectivity index (χ1) is 7.76. The first-order valence-corrected chi connectivity index (χ1v) is 6.94. The number of hydrogen-bond acceptors (Lipinski definition) is 2. The lowest BCUT2D eigenvalue weighted by Gasteiger charge is -2.02. The van der Waals surface area contributed by atoms with Gasteiger partial charge >= 0.3 is 0 Å².